The summed E-state index contributed by atoms with van der Waals surface area (Å²) in [6.45, 7) is 0. The van der Waals surface area contributed by atoms with Gasteiger partial charge in [0.1, 0.15) is 11.3 Å². The lowest BCUT2D eigenvalue weighted by Gasteiger charge is -2.14. The summed E-state index contributed by atoms with van der Waals surface area (Å²) in [5.41, 5.74) is -2.50. The van der Waals surface area contributed by atoms with Crippen LogP contribution in [0.25, 0.3) is 0 Å². The molecule has 0 amide bonds. The summed E-state index contributed by atoms with van der Waals surface area (Å²) >= 11 is 5.32. The fourth-order valence-electron chi connectivity index (χ4n) is 1.22. The molecule has 10 heteroatoms. The number of aromatic nitrogens is 1. The summed E-state index contributed by atoms with van der Waals surface area (Å²) in [5, 5.41) is 8.77. The molecule has 0 aliphatic carbocycles. The Labute approximate surface area is 107 Å². The van der Waals surface area contributed by atoms with E-state index >= 15 is 0 Å². The lowest BCUT2D eigenvalue weighted by atomic mass is 10.1. The van der Waals surface area contributed by atoms with Crippen LogP contribution in [-0.2, 0) is 5.88 Å². The van der Waals surface area contributed by atoms with Gasteiger partial charge in [0.2, 0.25) is 5.88 Å². The van der Waals surface area contributed by atoms with Gasteiger partial charge in [-0.1, -0.05) is 0 Å². The van der Waals surface area contributed by atoms with Gasteiger partial charge in [0.15, 0.2) is 0 Å². The lowest BCUT2D eigenvalue weighted by molar-refractivity contribution is -0.276. The van der Waals surface area contributed by atoms with E-state index in [2.05, 4.69) is 9.72 Å². The minimum absolute atomic E-state index is 0.446. The number of rotatable bonds is 4. The van der Waals surface area contributed by atoms with Crippen LogP contribution >= 0.6 is 11.6 Å². The molecule has 1 aromatic rings. The molecule has 0 aromatic carbocycles. The lowest BCUT2D eigenvalue weighted by Crippen LogP contribution is -2.21. The molecule has 0 saturated heterocycles. The van der Waals surface area contributed by atoms with Gasteiger partial charge >= 0.3 is 12.3 Å². The van der Waals surface area contributed by atoms with Crippen molar-refractivity contribution in [2.75, 3.05) is 0 Å². The van der Waals surface area contributed by atoms with Crippen molar-refractivity contribution >= 4 is 17.6 Å². The molecular weight excluding hydrogens is 301 g/mol. The van der Waals surface area contributed by atoms with E-state index in [1.807, 2.05) is 0 Å². The Morgan fingerprint density at radius 1 is 1.47 bits per heavy atom. The molecule has 0 aliphatic rings. The van der Waals surface area contributed by atoms with Gasteiger partial charge in [-0.05, 0) is 11.6 Å². The number of aromatic carboxylic acids is 1. The van der Waals surface area contributed by atoms with E-state index in [9.17, 15) is 26.7 Å². The number of alkyl halides is 6. The highest BCUT2D eigenvalue weighted by molar-refractivity contribution is 6.17. The number of carboxylic acids is 1. The molecule has 1 aromatic heterocycles. The Hall–Kier alpha value is -1.64. The quantitative estimate of drug-likeness (QED) is 0.684. The van der Waals surface area contributed by atoms with Gasteiger partial charge in [0.25, 0.3) is 6.43 Å². The Kier molecular flexibility index (Phi) is 4.51. The summed E-state index contributed by atoms with van der Waals surface area (Å²) in [6, 6.07) is 0.615. The molecule has 0 bridgehead atoms. The van der Waals surface area contributed by atoms with Gasteiger partial charge in [-0.2, -0.15) is 0 Å². The minimum atomic E-state index is -5.26. The molecule has 0 aliphatic heterocycles. The Morgan fingerprint density at radius 3 is 2.42 bits per heavy atom. The third-order valence-electron chi connectivity index (χ3n) is 1.88. The topological polar surface area (TPSA) is 59.4 Å². The Balaban J connectivity index is 3.45. The number of hydrogen-bond donors (Lipinski definition) is 1. The maximum Gasteiger partial charge on any atom is 0.574 e. The van der Waals surface area contributed by atoms with Crippen LogP contribution in [-0.4, -0.2) is 22.4 Å². The average molecular weight is 306 g/mol. The van der Waals surface area contributed by atoms with E-state index in [0.29, 0.717) is 6.07 Å². The van der Waals surface area contributed by atoms with Crippen LogP contribution in [0.4, 0.5) is 22.0 Å². The Morgan fingerprint density at radius 2 is 2.05 bits per heavy atom. The third kappa shape index (κ3) is 3.91. The van der Waals surface area contributed by atoms with Crippen LogP contribution in [0.2, 0.25) is 0 Å². The molecule has 0 unspecified atom stereocenters. The fourth-order valence-corrected chi connectivity index (χ4v) is 1.43. The highest BCUT2D eigenvalue weighted by Gasteiger charge is 2.35. The van der Waals surface area contributed by atoms with Crippen LogP contribution in [0.5, 0.6) is 5.88 Å². The second-order valence-corrected chi connectivity index (χ2v) is 3.44. The highest BCUT2D eigenvalue weighted by atomic mass is 35.5. The van der Waals surface area contributed by atoms with Gasteiger partial charge in [-0.3, -0.25) is 0 Å². The average Bonchev–Trinajstić information content (AvgIpc) is 2.24. The van der Waals surface area contributed by atoms with E-state index < -0.39 is 47.3 Å². The van der Waals surface area contributed by atoms with Crippen LogP contribution in [0.1, 0.15) is 28.0 Å². The van der Waals surface area contributed by atoms with E-state index in [1.54, 1.807) is 0 Å². The maximum atomic E-state index is 12.4. The molecule has 1 heterocycles. The molecule has 0 spiro atoms. The molecule has 0 atom stereocenters. The van der Waals surface area contributed by atoms with Crippen LogP contribution in [0, 0.1) is 0 Å². The predicted molar refractivity (Wildman–Crippen MR) is 52.4 cm³/mol. The molecule has 0 fully saturated rings. The number of halogens is 6. The van der Waals surface area contributed by atoms with Crippen molar-refractivity contribution in [3.63, 3.8) is 0 Å². The number of pyridine rings is 1. The zero-order valence-electron chi connectivity index (χ0n) is 8.84. The molecular formula is C9H5ClF5NO3. The smallest absolute Gasteiger partial charge is 0.477 e. The highest BCUT2D eigenvalue weighted by Crippen LogP contribution is 2.31. The van der Waals surface area contributed by atoms with Crippen LogP contribution < -0.4 is 4.74 Å². The number of ether oxygens (including phenoxy) is 1. The molecule has 106 valence electrons. The summed E-state index contributed by atoms with van der Waals surface area (Å²) in [5.74, 6) is -3.87. The van der Waals surface area contributed by atoms with Gasteiger partial charge in [0, 0.05) is 5.88 Å². The first-order valence-electron chi connectivity index (χ1n) is 4.52. The SMILES string of the molecule is O=C(O)c1c(CCl)cc(C(F)F)nc1OC(F)(F)F. The molecule has 4 nitrogen and oxygen atoms in total. The maximum absolute atomic E-state index is 12.4. The van der Waals surface area contributed by atoms with E-state index in [0.717, 1.165) is 0 Å². The fraction of sp³-hybridized carbons (Fsp3) is 0.333. The van der Waals surface area contributed by atoms with E-state index in [4.69, 9.17) is 16.7 Å². The number of nitrogens with zero attached hydrogens (tertiary/aromatic N) is 1. The third-order valence-corrected chi connectivity index (χ3v) is 2.17. The normalized spacial score (nSPS) is 11.7. The second kappa shape index (κ2) is 5.55. The summed E-state index contributed by atoms with van der Waals surface area (Å²) in [4.78, 5) is 13.7. The standard InChI is InChI=1S/C9H5ClF5NO3/c10-2-3-1-4(6(11)12)16-7(5(3)8(17)18)19-9(13,14)15/h1,6H,2H2,(H,17,18). The molecule has 19 heavy (non-hydrogen) atoms. The van der Waals surface area contributed by atoms with Gasteiger partial charge in [-0.15, -0.1) is 24.8 Å². The number of carbonyl (C=O) groups is 1. The van der Waals surface area contributed by atoms with Crippen molar-refractivity contribution in [1.82, 2.24) is 4.98 Å². The van der Waals surface area contributed by atoms with Crippen molar-refractivity contribution in [3.8, 4) is 5.88 Å². The monoisotopic (exact) mass is 305 g/mol. The largest absolute Gasteiger partial charge is 0.574 e. The zero-order valence-corrected chi connectivity index (χ0v) is 9.60. The van der Waals surface area contributed by atoms with Crippen LogP contribution in [0.15, 0.2) is 6.07 Å². The Bertz CT molecular complexity index is 491. The van der Waals surface area contributed by atoms with Crippen molar-refractivity contribution < 1.29 is 36.6 Å². The van der Waals surface area contributed by atoms with Gasteiger partial charge in [0.05, 0.1) is 0 Å². The van der Waals surface area contributed by atoms with Crippen molar-refractivity contribution in [2.24, 2.45) is 0 Å². The van der Waals surface area contributed by atoms with Crippen LogP contribution in [0.3, 0.4) is 0 Å². The van der Waals surface area contributed by atoms with E-state index in [-0.39, 0.29) is 0 Å². The van der Waals surface area contributed by atoms with E-state index in [1.165, 1.54) is 0 Å². The zero-order chi connectivity index (χ0) is 14.8. The number of carboxylic acid groups (broad SMARTS) is 1. The van der Waals surface area contributed by atoms with Crippen molar-refractivity contribution in [2.45, 2.75) is 18.7 Å². The molecule has 1 rings (SSSR count). The minimum Gasteiger partial charge on any atom is -0.477 e. The molecule has 1 N–H and O–H groups in total. The van der Waals surface area contributed by atoms with Gasteiger partial charge in [-0.25, -0.2) is 18.6 Å². The van der Waals surface area contributed by atoms with Crippen molar-refractivity contribution in [3.05, 3.63) is 22.9 Å². The van der Waals surface area contributed by atoms with Crippen molar-refractivity contribution in [1.29, 1.82) is 0 Å². The van der Waals surface area contributed by atoms with Gasteiger partial charge < -0.3 is 9.84 Å². The summed E-state index contributed by atoms with van der Waals surface area (Å²) in [6.07, 6.45) is -8.46. The predicted octanol–water partition coefficient (Wildman–Crippen LogP) is 3.35. The first-order valence-corrected chi connectivity index (χ1v) is 5.06. The first-order chi connectivity index (χ1) is 8.65. The summed E-state index contributed by atoms with van der Waals surface area (Å²) < 4.78 is 64.5. The molecule has 0 radical (unpaired) electrons. The first kappa shape index (κ1) is 15.4. The number of hydrogen-bond acceptors (Lipinski definition) is 3. The molecule has 0 saturated carbocycles. The summed E-state index contributed by atoms with van der Waals surface area (Å²) in [7, 11) is 0. The second-order valence-electron chi connectivity index (χ2n) is 3.17.